The maximum atomic E-state index is 11.0. The SMILES string of the molecule is CC(=O)Nc1cccc(OC2(CC(=O)O)CNC2)c1. The van der Waals surface area contributed by atoms with E-state index in [-0.39, 0.29) is 12.3 Å². The molecule has 0 bridgehead atoms. The highest BCUT2D eigenvalue weighted by Crippen LogP contribution is 2.27. The number of carbonyl (C=O) groups excluding carboxylic acids is 1. The first-order valence-corrected chi connectivity index (χ1v) is 5.98. The molecule has 3 N–H and O–H groups in total. The van der Waals surface area contributed by atoms with Crippen molar-refractivity contribution in [3.8, 4) is 5.75 Å². The Balaban J connectivity index is 2.09. The zero-order valence-electron chi connectivity index (χ0n) is 10.6. The van der Waals surface area contributed by atoms with Gasteiger partial charge in [0.2, 0.25) is 5.91 Å². The smallest absolute Gasteiger partial charge is 0.307 e. The van der Waals surface area contributed by atoms with Crippen LogP contribution in [-0.4, -0.2) is 35.7 Å². The minimum atomic E-state index is -0.889. The predicted molar refractivity (Wildman–Crippen MR) is 69.2 cm³/mol. The molecule has 0 unspecified atom stereocenters. The quantitative estimate of drug-likeness (QED) is 0.733. The Morgan fingerprint density at radius 2 is 2.21 bits per heavy atom. The Bertz CT molecular complexity index is 497. The fourth-order valence-electron chi connectivity index (χ4n) is 2.00. The number of amides is 1. The largest absolute Gasteiger partial charge is 0.484 e. The van der Waals surface area contributed by atoms with Crippen LogP contribution in [0.15, 0.2) is 24.3 Å². The Morgan fingerprint density at radius 1 is 1.47 bits per heavy atom. The molecular weight excluding hydrogens is 248 g/mol. The molecule has 1 aromatic carbocycles. The number of rotatable bonds is 5. The Morgan fingerprint density at radius 3 is 2.74 bits per heavy atom. The summed E-state index contributed by atoms with van der Waals surface area (Å²) in [4.78, 5) is 21.8. The summed E-state index contributed by atoms with van der Waals surface area (Å²) in [6.07, 6.45) is -0.0512. The summed E-state index contributed by atoms with van der Waals surface area (Å²) in [5, 5.41) is 14.6. The lowest BCUT2D eigenvalue weighted by molar-refractivity contribution is -0.143. The van der Waals surface area contributed by atoms with E-state index < -0.39 is 11.6 Å². The number of carboxylic acids is 1. The summed E-state index contributed by atoms with van der Waals surface area (Å²) in [7, 11) is 0. The molecule has 1 aliphatic heterocycles. The summed E-state index contributed by atoms with van der Waals surface area (Å²) in [6.45, 7) is 2.43. The van der Waals surface area contributed by atoms with Crippen LogP contribution in [0.2, 0.25) is 0 Å². The van der Waals surface area contributed by atoms with Crippen molar-refractivity contribution in [3.05, 3.63) is 24.3 Å². The molecule has 1 aromatic rings. The van der Waals surface area contributed by atoms with Gasteiger partial charge in [0.1, 0.15) is 11.4 Å². The normalized spacial score (nSPS) is 16.3. The predicted octanol–water partition coefficient (Wildman–Crippen LogP) is 0.840. The fourth-order valence-corrected chi connectivity index (χ4v) is 2.00. The second kappa shape index (κ2) is 5.27. The second-order valence-electron chi connectivity index (χ2n) is 4.67. The van der Waals surface area contributed by atoms with Crippen molar-refractivity contribution in [1.29, 1.82) is 0 Å². The fraction of sp³-hybridized carbons (Fsp3) is 0.385. The van der Waals surface area contributed by atoms with Crippen LogP contribution in [0.5, 0.6) is 5.75 Å². The molecule has 19 heavy (non-hydrogen) atoms. The first-order valence-electron chi connectivity index (χ1n) is 5.98. The van der Waals surface area contributed by atoms with Gasteiger partial charge in [-0.05, 0) is 12.1 Å². The van der Waals surface area contributed by atoms with Gasteiger partial charge < -0.3 is 20.5 Å². The van der Waals surface area contributed by atoms with Crippen molar-refractivity contribution >= 4 is 17.6 Å². The number of hydrogen-bond acceptors (Lipinski definition) is 4. The summed E-state index contributed by atoms with van der Waals surface area (Å²) in [6, 6.07) is 6.93. The van der Waals surface area contributed by atoms with E-state index >= 15 is 0 Å². The van der Waals surface area contributed by atoms with Gasteiger partial charge in [0.05, 0.1) is 6.42 Å². The highest BCUT2D eigenvalue weighted by molar-refractivity contribution is 5.88. The van der Waals surface area contributed by atoms with Gasteiger partial charge in [-0.1, -0.05) is 6.07 Å². The van der Waals surface area contributed by atoms with E-state index in [1.54, 1.807) is 24.3 Å². The summed E-state index contributed by atoms with van der Waals surface area (Å²) >= 11 is 0. The first kappa shape index (κ1) is 13.4. The lowest BCUT2D eigenvalue weighted by Gasteiger charge is -2.41. The third-order valence-corrected chi connectivity index (χ3v) is 2.86. The van der Waals surface area contributed by atoms with Crippen LogP contribution in [-0.2, 0) is 9.59 Å². The minimum absolute atomic E-state index is 0.0512. The molecule has 6 nitrogen and oxygen atoms in total. The Hall–Kier alpha value is -2.08. The second-order valence-corrected chi connectivity index (χ2v) is 4.67. The number of ether oxygens (including phenoxy) is 1. The molecule has 0 radical (unpaired) electrons. The van der Waals surface area contributed by atoms with Gasteiger partial charge in [-0.3, -0.25) is 9.59 Å². The molecule has 102 valence electrons. The van der Waals surface area contributed by atoms with E-state index in [1.807, 2.05) is 0 Å². The maximum absolute atomic E-state index is 11.0. The van der Waals surface area contributed by atoms with Crippen LogP contribution in [0, 0.1) is 0 Å². The van der Waals surface area contributed by atoms with Crippen molar-refractivity contribution in [2.45, 2.75) is 18.9 Å². The number of benzene rings is 1. The van der Waals surface area contributed by atoms with Crippen molar-refractivity contribution in [3.63, 3.8) is 0 Å². The molecule has 1 saturated heterocycles. The molecule has 0 saturated carbocycles. The first-order chi connectivity index (χ1) is 8.99. The molecule has 2 rings (SSSR count). The van der Waals surface area contributed by atoms with E-state index in [0.717, 1.165) is 0 Å². The Kier molecular flexibility index (Phi) is 3.71. The molecule has 0 aliphatic carbocycles. The number of carboxylic acid groups (broad SMARTS) is 1. The summed E-state index contributed by atoms with van der Waals surface area (Å²) in [5.74, 6) is -0.503. The zero-order valence-corrected chi connectivity index (χ0v) is 10.6. The average Bonchev–Trinajstić information content (AvgIpc) is 2.25. The van der Waals surface area contributed by atoms with E-state index in [4.69, 9.17) is 9.84 Å². The number of anilines is 1. The minimum Gasteiger partial charge on any atom is -0.484 e. The van der Waals surface area contributed by atoms with Gasteiger partial charge in [-0.15, -0.1) is 0 Å². The molecule has 6 heteroatoms. The third kappa shape index (κ3) is 3.45. The molecular formula is C13H16N2O4. The number of hydrogen-bond donors (Lipinski definition) is 3. The highest BCUT2D eigenvalue weighted by Gasteiger charge is 2.41. The van der Waals surface area contributed by atoms with Crippen molar-refractivity contribution in [1.82, 2.24) is 5.32 Å². The van der Waals surface area contributed by atoms with Gasteiger partial charge in [0.25, 0.3) is 0 Å². The van der Waals surface area contributed by atoms with Gasteiger partial charge >= 0.3 is 5.97 Å². The van der Waals surface area contributed by atoms with Gasteiger partial charge in [-0.25, -0.2) is 0 Å². The average molecular weight is 264 g/mol. The molecule has 1 fully saturated rings. The van der Waals surface area contributed by atoms with E-state index in [9.17, 15) is 9.59 Å². The molecule has 0 spiro atoms. The summed E-state index contributed by atoms with van der Waals surface area (Å²) in [5.41, 5.74) is -0.0662. The standard InChI is InChI=1S/C13H16N2O4/c1-9(16)15-10-3-2-4-11(5-10)19-13(6-12(17)18)7-14-8-13/h2-5,14H,6-8H2,1H3,(H,15,16)(H,17,18). The number of carbonyl (C=O) groups is 2. The monoisotopic (exact) mass is 264 g/mol. The van der Waals surface area contributed by atoms with Crippen LogP contribution in [0.25, 0.3) is 0 Å². The van der Waals surface area contributed by atoms with E-state index in [1.165, 1.54) is 6.92 Å². The number of nitrogens with one attached hydrogen (secondary N) is 2. The van der Waals surface area contributed by atoms with Crippen molar-refractivity contribution in [2.24, 2.45) is 0 Å². The van der Waals surface area contributed by atoms with Crippen molar-refractivity contribution in [2.75, 3.05) is 18.4 Å². The van der Waals surface area contributed by atoms with Crippen molar-refractivity contribution < 1.29 is 19.4 Å². The highest BCUT2D eigenvalue weighted by atomic mass is 16.5. The van der Waals surface area contributed by atoms with E-state index in [0.29, 0.717) is 24.5 Å². The lowest BCUT2D eigenvalue weighted by atomic mass is 9.92. The van der Waals surface area contributed by atoms with Crippen LogP contribution in [0.4, 0.5) is 5.69 Å². The van der Waals surface area contributed by atoms with Crippen LogP contribution < -0.4 is 15.4 Å². The van der Waals surface area contributed by atoms with Crippen LogP contribution >= 0.6 is 0 Å². The molecule has 0 aromatic heterocycles. The maximum Gasteiger partial charge on any atom is 0.307 e. The Labute approximate surface area is 110 Å². The third-order valence-electron chi connectivity index (χ3n) is 2.86. The zero-order chi connectivity index (χ0) is 13.9. The lowest BCUT2D eigenvalue weighted by Crippen LogP contribution is -2.64. The van der Waals surface area contributed by atoms with Gasteiger partial charge in [0, 0.05) is 31.8 Å². The number of aliphatic carboxylic acids is 1. The van der Waals surface area contributed by atoms with E-state index in [2.05, 4.69) is 10.6 Å². The molecule has 0 atom stereocenters. The van der Waals surface area contributed by atoms with Crippen LogP contribution in [0.1, 0.15) is 13.3 Å². The molecule has 1 heterocycles. The van der Waals surface area contributed by atoms with Gasteiger partial charge in [0.15, 0.2) is 0 Å². The molecule has 1 aliphatic rings. The van der Waals surface area contributed by atoms with Gasteiger partial charge in [-0.2, -0.15) is 0 Å². The molecule has 1 amide bonds. The van der Waals surface area contributed by atoms with Crippen LogP contribution in [0.3, 0.4) is 0 Å². The summed E-state index contributed by atoms with van der Waals surface area (Å²) < 4.78 is 5.78. The topological polar surface area (TPSA) is 87.7 Å².